The molecule has 8 heteroatoms. The van der Waals surface area contributed by atoms with Gasteiger partial charge in [-0.05, 0) is 43.2 Å². The first-order valence-corrected chi connectivity index (χ1v) is 9.65. The van der Waals surface area contributed by atoms with Gasteiger partial charge < -0.3 is 15.0 Å². The molecule has 1 N–H and O–H groups in total. The van der Waals surface area contributed by atoms with Gasteiger partial charge in [0.15, 0.2) is 6.61 Å². The molecule has 0 bridgehead atoms. The molecule has 0 spiro atoms. The predicted octanol–water partition coefficient (Wildman–Crippen LogP) is 1.36. The number of rotatable bonds is 5. The highest BCUT2D eigenvalue weighted by atomic mass is 16.5. The van der Waals surface area contributed by atoms with Crippen molar-refractivity contribution in [1.82, 2.24) is 15.2 Å². The van der Waals surface area contributed by atoms with E-state index in [-0.39, 0.29) is 30.9 Å². The largest absolute Gasteiger partial charge is 0.482 e. The first kappa shape index (κ1) is 18.9. The number of carbonyl (C=O) groups is 3. The van der Waals surface area contributed by atoms with Gasteiger partial charge in [0.05, 0.1) is 17.9 Å². The number of amides is 3. The number of hydrogen-bond acceptors (Lipinski definition) is 5. The standard InChI is InChI=1S/C21H22N4O4/c26-19(24-9-3-4-10-24)13-25-17-11-15(6-7-18(17)29-14-20(25)27)21(28)23-12-16-5-1-2-8-22-16/h1-2,5-8,11H,3-4,9-10,12-14H2,(H,23,28). The molecule has 3 heterocycles. The summed E-state index contributed by atoms with van der Waals surface area (Å²) in [6.45, 7) is 1.57. The van der Waals surface area contributed by atoms with Crippen molar-refractivity contribution in [2.45, 2.75) is 19.4 Å². The lowest BCUT2D eigenvalue weighted by Gasteiger charge is -2.30. The summed E-state index contributed by atoms with van der Waals surface area (Å²) in [5, 5.41) is 2.81. The Balaban J connectivity index is 1.50. The van der Waals surface area contributed by atoms with E-state index in [1.165, 1.54) is 4.90 Å². The van der Waals surface area contributed by atoms with Crippen LogP contribution in [-0.4, -0.2) is 53.8 Å². The van der Waals surface area contributed by atoms with Crippen molar-refractivity contribution in [3.8, 4) is 5.75 Å². The lowest BCUT2D eigenvalue weighted by Crippen LogP contribution is -2.46. The highest BCUT2D eigenvalue weighted by molar-refractivity contribution is 6.04. The van der Waals surface area contributed by atoms with E-state index >= 15 is 0 Å². The minimum Gasteiger partial charge on any atom is -0.482 e. The van der Waals surface area contributed by atoms with Crippen LogP contribution in [0.5, 0.6) is 5.75 Å². The van der Waals surface area contributed by atoms with E-state index in [0.717, 1.165) is 31.6 Å². The number of aromatic nitrogens is 1. The fourth-order valence-electron chi connectivity index (χ4n) is 3.49. The van der Waals surface area contributed by atoms with E-state index in [1.807, 2.05) is 18.2 Å². The molecule has 1 aromatic carbocycles. The van der Waals surface area contributed by atoms with E-state index in [9.17, 15) is 14.4 Å². The number of fused-ring (bicyclic) bond motifs is 1. The Kier molecular flexibility index (Phi) is 5.41. The van der Waals surface area contributed by atoms with Crippen LogP contribution in [0.3, 0.4) is 0 Å². The molecule has 2 aliphatic heterocycles. The number of nitrogens with zero attached hydrogens (tertiary/aromatic N) is 3. The van der Waals surface area contributed by atoms with Crippen LogP contribution >= 0.6 is 0 Å². The second-order valence-corrected chi connectivity index (χ2v) is 7.04. The van der Waals surface area contributed by atoms with Gasteiger partial charge in [-0.25, -0.2) is 0 Å². The van der Waals surface area contributed by atoms with Crippen molar-refractivity contribution in [1.29, 1.82) is 0 Å². The minimum absolute atomic E-state index is 0.0474. The number of benzene rings is 1. The highest BCUT2D eigenvalue weighted by Gasteiger charge is 2.30. The maximum atomic E-state index is 12.6. The minimum atomic E-state index is -0.295. The van der Waals surface area contributed by atoms with Crippen LogP contribution in [0, 0.1) is 0 Å². The monoisotopic (exact) mass is 394 g/mol. The van der Waals surface area contributed by atoms with Crippen molar-refractivity contribution in [2.75, 3.05) is 31.1 Å². The summed E-state index contributed by atoms with van der Waals surface area (Å²) in [4.78, 5) is 44.9. The summed E-state index contributed by atoms with van der Waals surface area (Å²) in [5.74, 6) is -0.188. The third kappa shape index (κ3) is 4.21. The number of hydrogen-bond donors (Lipinski definition) is 1. The summed E-state index contributed by atoms with van der Waals surface area (Å²) in [5.41, 5.74) is 1.58. The zero-order valence-corrected chi connectivity index (χ0v) is 16.0. The molecule has 0 aliphatic carbocycles. The lowest BCUT2D eigenvalue weighted by molar-refractivity contribution is -0.131. The quantitative estimate of drug-likeness (QED) is 0.827. The molecule has 0 radical (unpaired) electrons. The number of nitrogens with one attached hydrogen (secondary N) is 1. The summed E-state index contributed by atoms with van der Waals surface area (Å²) in [7, 11) is 0. The van der Waals surface area contributed by atoms with E-state index in [2.05, 4.69) is 10.3 Å². The molecule has 0 atom stereocenters. The smallest absolute Gasteiger partial charge is 0.265 e. The van der Waals surface area contributed by atoms with Gasteiger partial charge >= 0.3 is 0 Å². The summed E-state index contributed by atoms with van der Waals surface area (Å²) in [6.07, 6.45) is 3.64. The molecular formula is C21H22N4O4. The Labute approximate surface area is 168 Å². The molecule has 3 amide bonds. The number of pyridine rings is 1. The molecule has 1 fully saturated rings. The molecule has 1 saturated heterocycles. The normalized spacial score (nSPS) is 15.7. The molecule has 2 aliphatic rings. The van der Waals surface area contributed by atoms with Gasteiger partial charge in [0, 0.05) is 24.8 Å². The molecule has 29 heavy (non-hydrogen) atoms. The maximum absolute atomic E-state index is 12.6. The highest BCUT2D eigenvalue weighted by Crippen LogP contribution is 2.33. The molecular weight excluding hydrogens is 372 g/mol. The third-order valence-corrected chi connectivity index (χ3v) is 5.07. The number of carbonyl (C=O) groups excluding carboxylic acids is 3. The second kappa shape index (κ2) is 8.30. The molecule has 0 saturated carbocycles. The fourth-order valence-corrected chi connectivity index (χ4v) is 3.49. The average Bonchev–Trinajstić information content (AvgIpc) is 3.29. The zero-order valence-electron chi connectivity index (χ0n) is 16.0. The van der Waals surface area contributed by atoms with Crippen LogP contribution in [0.1, 0.15) is 28.9 Å². The Bertz CT molecular complexity index is 926. The van der Waals surface area contributed by atoms with Crippen LogP contribution in [0.4, 0.5) is 5.69 Å². The SMILES string of the molecule is O=C(NCc1ccccn1)c1ccc2c(c1)N(CC(=O)N1CCCC1)C(=O)CO2. The van der Waals surface area contributed by atoms with Crippen LogP contribution in [0.15, 0.2) is 42.6 Å². The number of anilines is 1. The summed E-state index contributed by atoms with van der Waals surface area (Å²) in [6, 6.07) is 10.4. The van der Waals surface area contributed by atoms with E-state index in [1.54, 1.807) is 29.3 Å². The van der Waals surface area contributed by atoms with Gasteiger partial charge in [0.25, 0.3) is 11.8 Å². The first-order valence-electron chi connectivity index (χ1n) is 9.65. The molecule has 2 aromatic rings. The Morgan fingerprint density at radius 3 is 2.72 bits per heavy atom. The van der Waals surface area contributed by atoms with Crippen LogP contribution in [-0.2, 0) is 16.1 Å². The predicted molar refractivity (Wildman–Crippen MR) is 106 cm³/mol. The van der Waals surface area contributed by atoms with Crippen LogP contribution < -0.4 is 15.0 Å². The van der Waals surface area contributed by atoms with Crippen molar-refractivity contribution in [2.24, 2.45) is 0 Å². The molecule has 4 rings (SSSR count). The third-order valence-electron chi connectivity index (χ3n) is 5.07. The average molecular weight is 394 g/mol. The van der Waals surface area contributed by atoms with E-state index < -0.39 is 0 Å². The second-order valence-electron chi connectivity index (χ2n) is 7.04. The maximum Gasteiger partial charge on any atom is 0.265 e. The van der Waals surface area contributed by atoms with Crippen LogP contribution in [0.25, 0.3) is 0 Å². The summed E-state index contributed by atoms with van der Waals surface area (Å²) >= 11 is 0. The first-order chi connectivity index (χ1) is 14.1. The summed E-state index contributed by atoms with van der Waals surface area (Å²) < 4.78 is 5.48. The van der Waals surface area contributed by atoms with Crippen LogP contribution in [0.2, 0.25) is 0 Å². The van der Waals surface area contributed by atoms with Gasteiger partial charge in [-0.1, -0.05) is 6.07 Å². The Morgan fingerprint density at radius 2 is 1.97 bits per heavy atom. The van der Waals surface area contributed by atoms with Gasteiger partial charge in [0.1, 0.15) is 12.3 Å². The zero-order chi connectivity index (χ0) is 20.2. The van der Waals surface area contributed by atoms with Gasteiger partial charge in [-0.15, -0.1) is 0 Å². The lowest BCUT2D eigenvalue weighted by atomic mass is 10.1. The molecule has 1 aromatic heterocycles. The molecule has 0 unspecified atom stereocenters. The Morgan fingerprint density at radius 1 is 1.14 bits per heavy atom. The number of likely N-dealkylation sites (tertiary alicyclic amines) is 1. The van der Waals surface area contributed by atoms with Crippen molar-refractivity contribution < 1.29 is 19.1 Å². The molecule has 150 valence electrons. The molecule has 8 nitrogen and oxygen atoms in total. The van der Waals surface area contributed by atoms with Crippen molar-refractivity contribution >= 4 is 23.4 Å². The van der Waals surface area contributed by atoms with Crippen molar-refractivity contribution in [3.63, 3.8) is 0 Å². The fraction of sp³-hybridized carbons (Fsp3) is 0.333. The Hall–Kier alpha value is -3.42. The van der Waals surface area contributed by atoms with Crippen molar-refractivity contribution in [3.05, 3.63) is 53.9 Å². The van der Waals surface area contributed by atoms with Gasteiger partial charge in [0.2, 0.25) is 5.91 Å². The number of ether oxygens (including phenoxy) is 1. The van der Waals surface area contributed by atoms with E-state index in [4.69, 9.17) is 4.74 Å². The van der Waals surface area contributed by atoms with E-state index in [0.29, 0.717) is 23.5 Å². The topological polar surface area (TPSA) is 91.8 Å². The van der Waals surface area contributed by atoms with Gasteiger partial charge in [-0.2, -0.15) is 0 Å². The van der Waals surface area contributed by atoms with Gasteiger partial charge in [-0.3, -0.25) is 24.3 Å².